The minimum Gasteiger partial charge on any atom is -0.385 e. The molecule has 4 rings (SSSR count). The molecular formula is C27H33F2N5O3. The van der Waals surface area contributed by atoms with Gasteiger partial charge in [0.2, 0.25) is 5.91 Å². The van der Waals surface area contributed by atoms with Gasteiger partial charge in [-0.15, -0.1) is 0 Å². The van der Waals surface area contributed by atoms with Crippen LogP contribution in [0.3, 0.4) is 0 Å². The fourth-order valence-corrected chi connectivity index (χ4v) is 5.12. The van der Waals surface area contributed by atoms with Crippen LogP contribution in [0.1, 0.15) is 74.3 Å². The molecule has 1 aliphatic rings. The van der Waals surface area contributed by atoms with Gasteiger partial charge in [-0.2, -0.15) is 0 Å². The van der Waals surface area contributed by atoms with E-state index in [1.807, 2.05) is 0 Å². The molecule has 3 N–H and O–H groups in total. The lowest BCUT2D eigenvalue weighted by Gasteiger charge is -2.36. The van der Waals surface area contributed by atoms with Crippen LogP contribution in [0.4, 0.5) is 14.6 Å². The Morgan fingerprint density at radius 1 is 1.22 bits per heavy atom. The Morgan fingerprint density at radius 2 is 1.86 bits per heavy atom. The van der Waals surface area contributed by atoms with Gasteiger partial charge in [0.1, 0.15) is 29.3 Å². The number of carbonyl (C=O) groups is 1. The average molecular weight is 514 g/mol. The number of halogens is 2. The predicted molar refractivity (Wildman–Crippen MR) is 137 cm³/mol. The lowest BCUT2D eigenvalue weighted by atomic mass is 9.75. The van der Waals surface area contributed by atoms with E-state index in [9.17, 15) is 23.5 Å². The summed E-state index contributed by atoms with van der Waals surface area (Å²) in [6, 6.07) is 5.60. The highest BCUT2D eigenvalue weighted by molar-refractivity contribution is 5.87. The SMILES string of the molecule is Cc1nc(N[C@H](C)c2cccc(C(C)F)c2F)c2cc([C@]3(O)CC[C@@H](C(=O)N(C)C)CC3)c(=O)[nH]c2n1. The van der Waals surface area contributed by atoms with Crippen molar-refractivity contribution in [2.45, 2.75) is 64.3 Å². The number of aromatic nitrogens is 3. The molecule has 2 aromatic heterocycles. The largest absolute Gasteiger partial charge is 0.385 e. The van der Waals surface area contributed by atoms with Crippen LogP contribution in [-0.2, 0) is 10.4 Å². The number of fused-ring (bicyclic) bond motifs is 1. The Morgan fingerprint density at radius 3 is 2.49 bits per heavy atom. The summed E-state index contributed by atoms with van der Waals surface area (Å²) < 4.78 is 28.9. The summed E-state index contributed by atoms with van der Waals surface area (Å²) >= 11 is 0. The summed E-state index contributed by atoms with van der Waals surface area (Å²) in [5, 5.41) is 15.1. The van der Waals surface area contributed by atoms with E-state index in [4.69, 9.17) is 0 Å². The second kappa shape index (κ2) is 10.2. The van der Waals surface area contributed by atoms with E-state index < -0.39 is 29.2 Å². The molecule has 8 nitrogen and oxygen atoms in total. The number of carbonyl (C=O) groups excluding carboxylic acids is 1. The fourth-order valence-electron chi connectivity index (χ4n) is 5.12. The third-order valence-corrected chi connectivity index (χ3v) is 7.23. The quantitative estimate of drug-likeness (QED) is 0.450. The summed E-state index contributed by atoms with van der Waals surface area (Å²) in [7, 11) is 3.41. The second-order valence-electron chi connectivity index (χ2n) is 10.2. The van der Waals surface area contributed by atoms with Crippen molar-refractivity contribution in [3.63, 3.8) is 0 Å². The highest BCUT2D eigenvalue weighted by atomic mass is 19.1. The molecule has 10 heteroatoms. The molecule has 1 amide bonds. The van der Waals surface area contributed by atoms with Crippen molar-refractivity contribution in [2.24, 2.45) is 5.92 Å². The molecule has 1 aromatic carbocycles. The summed E-state index contributed by atoms with van der Waals surface area (Å²) in [6.07, 6.45) is -0.0140. The van der Waals surface area contributed by atoms with Crippen molar-refractivity contribution >= 4 is 22.8 Å². The number of aromatic amines is 1. The topological polar surface area (TPSA) is 111 Å². The van der Waals surface area contributed by atoms with Crippen molar-refractivity contribution in [2.75, 3.05) is 19.4 Å². The second-order valence-corrected chi connectivity index (χ2v) is 10.2. The smallest absolute Gasteiger partial charge is 0.255 e. The Kier molecular flexibility index (Phi) is 7.32. The van der Waals surface area contributed by atoms with Crippen molar-refractivity contribution in [1.82, 2.24) is 19.9 Å². The van der Waals surface area contributed by atoms with E-state index in [0.29, 0.717) is 29.9 Å². The molecule has 2 heterocycles. The maximum absolute atomic E-state index is 15.0. The number of pyridine rings is 1. The van der Waals surface area contributed by atoms with E-state index in [-0.39, 0.29) is 47.0 Å². The molecule has 2 atom stereocenters. The molecule has 1 aliphatic carbocycles. The first-order chi connectivity index (χ1) is 17.4. The third kappa shape index (κ3) is 5.20. The van der Waals surface area contributed by atoms with Crippen LogP contribution in [-0.4, -0.2) is 45.0 Å². The number of rotatable bonds is 6. The summed E-state index contributed by atoms with van der Waals surface area (Å²) in [6.45, 7) is 4.69. The number of aryl methyl sites for hydroxylation is 1. The van der Waals surface area contributed by atoms with Gasteiger partial charge < -0.3 is 20.3 Å². The minimum absolute atomic E-state index is 0.0114. The van der Waals surface area contributed by atoms with E-state index in [1.165, 1.54) is 13.0 Å². The number of amides is 1. The zero-order chi connectivity index (χ0) is 27.1. The van der Waals surface area contributed by atoms with Gasteiger partial charge in [-0.25, -0.2) is 18.7 Å². The minimum atomic E-state index is -1.45. The summed E-state index contributed by atoms with van der Waals surface area (Å²) in [5.41, 5.74) is -1.15. The van der Waals surface area contributed by atoms with Gasteiger partial charge in [-0.05, 0) is 52.5 Å². The number of hydrogen-bond acceptors (Lipinski definition) is 6. The van der Waals surface area contributed by atoms with Crippen LogP contribution < -0.4 is 10.9 Å². The zero-order valence-corrected chi connectivity index (χ0v) is 21.7. The van der Waals surface area contributed by atoms with Gasteiger partial charge in [0.15, 0.2) is 0 Å². The van der Waals surface area contributed by atoms with Gasteiger partial charge in [0.25, 0.3) is 5.56 Å². The van der Waals surface area contributed by atoms with Crippen molar-refractivity contribution in [1.29, 1.82) is 0 Å². The average Bonchev–Trinajstić information content (AvgIpc) is 2.83. The molecule has 0 aliphatic heterocycles. The van der Waals surface area contributed by atoms with Gasteiger partial charge in [-0.1, -0.05) is 18.2 Å². The number of benzene rings is 1. The molecule has 1 saturated carbocycles. The maximum Gasteiger partial charge on any atom is 0.255 e. The Hall–Kier alpha value is -3.40. The Labute approximate surface area is 214 Å². The number of hydrogen-bond donors (Lipinski definition) is 3. The van der Waals surface area contributed by atoms with Crippen LogP contribution in [0, 0.1) is 18.7 Å². The van der Waals surface area contributed by atoms with E-state index >= 15 is 0 Å². The number of alkyl halides is 1. The molecular weight excluding hydrogens is 480 g/mol. The monoisotopic (exact) mass is 513 g/mol. The van der Waals surface area contributed by atoms with E-state index in [2.05, 4.69) is 20.3 Å². The molecule has 1 fully saturated rings. The lowest BCUT2D eigenvalue weighted by Crippen LogP contribution is -2.40. The van der Waals surface area contributed by atoms with Crippen molar-refractivity contribution < 1.29 is 18.7 Å². The number of anilines is 1. The number of H-pyrrole nitrogens is 1. The Bertz CT molecular complexity index is 1380. The first-order valence-electron chi connectivity index (χ1n) is 12.5. The number of aliphatic hydroxyl groups is 1. The third-order valence-electron chi connectivity index (χ3n) is 7.23. The zero-order valence-electron chi connectivity index (χ0n) is 21.7. The van der Waals surface area contributed by atoms with Crippen molar-refractivity contribution in [3.05, 3.63) is 63.0 Å². The van der Waals surface area contributed by atoms with Crippen LogP contribution >= 0.6 is 0 Å². The van der Waals surface area contributed by atoms with Gasteiger partial charge in [-0.3, -0.25) is 9.59 Å². The Balaban J connectivity index is 1.70. The lowest BCUT2D eigenvalue weighted by molar-refractivity contribution is -0.136. The molecule has 0 radical (unpaired) electrons. The highest BCUT2D eigenvalue weighted by Crippen LogP contribution is 2.40. The standard InChI is InChI=1S/C27H33F2N5O3/c1-14(28)18-7-6-8-19(22(18)29)15(2)30-23-20-13-21(25(35)33-24(20)32-16(3)31-23)27(37)11-9-17(10-12-27)26(36)34(4)5/h6-8,13-15,17,37H,9-12H2,1-5H3,(H2,30,31,32,33,35)/t14?,15-,17-,27+/m1/s1. The van der Waals surface area contributed by atoms with Gasteiger partial charge in [0.05, 0.1) is 17.0 Å². The predicted octanol–water partition coefficient (Wildman–Crippen LogP) is 4.44. The van der Waals surface area contributed by atoms with Crippen molar-refractivity contribution in [3.8, 4) is 0 Å². The molecule has 0 saturated heterocycles. The molecule has 198 valence electrons. The van der Waals surface area contributed by atoms with Crippen LogP contribution in [0.2, 0.25) is 0 Å². The van der Waals surface area contributed by atoms with E-state index in [1.54, 1.807) is 51.0 Å². The normalized spacial score (nSPS) is 21.5. The van der Waals surface area contributed by atoms with Crippen LogP contribution in [0.5, 0.6) is 0 Å². The summed E-state index contributed by atoms with van der Waals surface area (Å²) in [5.74, 6) is -0.0711. The number of nitrogens with zero attached hydrogens (tertiary/aromatic N) is 3. The highest BCUT2D eigenvalue weighted by Gasteiger charge is 2.39. The number of nitrogens with one attached hydrogen (secondary N) is 2. The van der Waals surface area contributed by atoms with E-state index in [0.717, 1.165) is 0 Å². The van der Waals surface area contributed by atoms with Gasteiger partial charge in [0, 0.05) is 36.7 Å². The molecule has 1 unspecified atom stereocenters. The first-order valence-corrected chi connectivity index (χ1v) is 12.5. The molecule has 3 aromatic rings. The first kappa shape index (κ1) is 26.7. The fraction of sp³-hybridized carbons (Fsp3) is 0.481. The maximum atomic E-state index is 15.0. The molecule has 0 spiro atoms. The van der Waals surface area contributed by atoms with Gasteiger partial charge >= 0.3 is 0 Å². The van der Waals surface area contributed by atoms with Crippen LogP contribution in [0.15, 0.2) is 29.1 Å². The summed E-state index contributed by atoms with van der Waals surface area (Å²) in [4.78, 5) is 38.5. The van der Waals surface area contributed by atoms with Crippen LogP contribution in [0.25, 0.3) is 11.0 Å². The molecule has 0 bridgehead atoms. The molecule has 37 heavy (non-hydrogen) atoms.